The average Bonchev–Trinajstić information content (AvgIpc) is 3.09. The summed E-state index contributed by atoms with van der Waals surface area (Å²) < 4.78 is 13.5. The first-order valence-electron chi connectivity index (χ1n) is 11.3. The van der Waals surface area contributed by atoms with Gasteiger partial charge in [0.15, 0.2) is 5.78 Å². The maximum Gasteiger partial charge on any atom is 0.275 e. The van der Waals surface area contributed by atoms with Crippen molar-refractivity contribution in [2.45, 2.75) is 25.8 Å². The minimum Gasteiger partial charge on any atom is -0.292 e. The molecule has 1 saturated heterocycles. The zero-order valence-electron chi connectivity index (χ0n) is 19.2. The number of amides is 3. The van der Waals surface area contributed by atoms with Crippen LogP contribution in [0.15, 0.2) is 54.6 Å². The van der Waals surface area contributed by atoms with Crippen LogP contribution < -0.4 is 0 Å². The second-order valence-corrected chi connectivity index (χ2v) is 10.0. The lowest BCUT2D eigenvalue weighted by Gasteiger charge is -2.36. The van der Waals surface area contributed by atoms with E-state index in [0.717, 1.165) is 22.2 Å². The Morgan fingerprint density at radius 2 is 1.81 bits per heavy atom. The third-order valence-electron chi connectivity index (χ3n) is 6.54. The molecule has 2 aromatic carbocycles. The van der Waals surface area contributed by atoms with Gasteiger partial charge in [0.2, 0.25) is 0 Å². The van der Waals surface area contributed by atoms with Crippen molar-refractivity contribution < 1.29 is 23.6 Å². The maximum atomic E-state index is 13.9. The molecule has 0 bridgehead atoms. The van der Waals surface area contributed by atoms with Crippen LogP contribution in [0.5, 0.6) is 0 Å². The molecule has 3 amide bonds. The predicted octanol–water partition coefficient (Wildman–Crippen LogP) is 5.57. The normalized spacial score (nSPS) is 21.9. The fraction of sp³-hybridized carbons (Fsp3) is 0.308. The summed E-state index contributed by atoms with van der Waals surface area (Å²) in [6.07, 6.45) is 3.96. The Morgan fingerprint density at radius 1 is 1.11 bits per heavy atom. The van der Waals surface area contributed by atoms with Crippen LogP contribution in [0.1, 0.15) is 40.5 Å². The molecule has 10 heteroatoms. The molecule has 0 aromatic heterocycles. The predicted molar refractivity (Wildman–Crippen MR) is 134 cm³/mol. The topological polar surface area (TPSA) is 74.8 Å². The summed E-state index contributed by atoms with van der Waals surface area (Å²) in [5.41, 5.74) is 0.0484. The van der Waals surface area contributed by atoms with Crippen LogP contribution in [-0.2, 0) is 9.59 Å². The Morgan fingerprint density at radius 3 is 2.42 bits per heavy atom. The number of hydrogen-bond donors (Lipinski definition) is 0. The van der Waals surface area contributed by atoms with Gasteiger partial charge in [-0.1, -0.05) is 42.3 Å². The lowest BCUT2D eigenvalue weighted by Crippen LogP contribution is -2.57. The highest BCUT2D eigenvalue weighted by Gasteiger charge is 2.55. The molecular weight excluding hydrogens is 530 g/mol. The highest BCUT2D eigenvalue weighted by Crippen LogP contribution is 2.40. The number of benzene rings is 2. The molecule has 2 aliphatic rings. The molecule has 1 heterocycles. The SMILES string of the molecule is C[C@@H]1C=CC[C@@H]2C(=O)N(N(C(=O)c3ccc(Cl)cc3Cl)[C@H](CCCl)C(=O)c3ccc(F)cc3)C(=O)[C@@H]12. The van der Waals surface area contributed by atoms with Gasteiger partial charge in [-0.25, -0.2) is 9.40 Å². The van der Waals surface area contributed by atoms with Crippen molar-refractivity contribution in [3.63, 3.8) is 0 Å². The summed E-state index contributed by atoms with van der Waals surface area (Å²) >= 11 is 18.3. The molecule has 1 aliphatic heterocycles. The molecule has 0 N–H and O–H groups in total. The number of hydrogen-bond acceptors (Lipinski definition) is 4. The van der Waals surface area contributed by atoms with Crippen molar-refractivity contribution in [1.29, 1.82) is 0 Å². The van der Waals surface area contributed by atoms with Gasteiger partial charge in [-0.3, -0.25) is 19.2 Å². The van der Waals surface area contributed by atoms with Crippen LogP contribution >= 0.6 is 34.8 Å². The molecular formula is C26H22Cl3FN2O4. The highest BCUT2D eigenvalue weighted by atomic mass is 35.5. The van der Waals surface area contributed by atoms with E-state index in [9.17, 15) is 23.6 Å². The Hall–Kier alpha value is -2.74. The zero-order chi connectivity index (χ0) is 26.1. The third kappa shape index (κ3) is 4.80. The van der Waals surface area contributed by atoms with Gasteiger partial charge in [0.25, 0.3) is 17.7 Å². The van der Waals surface area contributed by atoms with Crippen molar-refractivity contribution in [2.75, 3.05) is 5.88 Å². The smallest absolute Gasteiger partial charge is 0.275 e. The van der Waals surface area contributed by atoms with Crippen LogP contribution in [-0.4, -0.2) is 45.4 Å². The number of ketones is 1. The van der Waals surface area contributed by atoms with Gasteiger partial charge < -0.3 is 0 Å². The van der Waals surface area contributed by atoms with E-state index < -0.39 is 47.2 Å². The number of Topliss-reactive ketones (excluding diaryl/α,β-unsaturated/α-hetero) is 1. The number of nitrogens with zero attached hydrogens (tertiary/aromatic N) is 2. The molecule has 0 radical (unpaired) electrons. The van der Waals surface area contributed by atoms with Gasteiger partial charge in [0.1, 0.15) is 11.9 Å². The Kier molecular flexibility index (Phi) is 7.83. The zero-order valence-corrected chi connectivity index (χ0v) is 21.4. The Bertz CT molecular complexity index is 1250. The summed E-state index contributed by atoms with van der Waals surface area (Å²) in [6, 6.07) is 7.60. The summed E-state index contributed by atoms with van der Waals surface area (Å²) in [5, 5.41) is 1.92. The molecule has 4 rings (SSSR count). The second kappa shape index (κ2) is 10.7. The van der Waals surface area contributed by atoms with Gasteiger partial charge >= 0.3 is 0 Å². The monoisotopic (exact) mass is 550 g/mol. The summed E-state index contributed by atoms with van der Waals surface area (Å²) in [4.78, 5) is 54.7. The number of fused-ring (bicyclic) bond motifs is 1. The summed E-state index contributed by atoms with van der Waals surface area (Å²) in [6.45, 7) is 1.82. The number of rotatable bonds is 7. The first-order valence-corrected chi connectivity index (χ1v) is 12.6. The van der Waals surface area contributed by atoms with Gasteiger partial charge in [-0.2, -0.15) is 5.01 Å². The number of allylic oxidation sites excluding steroid dienone is 2. The molecule has 1 aliphatic carbocycles. The van der Waals surface area contributed by atoms with Crippen molar-refractivity contribution >= 4 is 58.3 Å². The van der Waals surface area contributed by atoms with Crippen molar-refractivity contribution in [1.82, 2.24) is 10.0 Å². The highest BCUT2D eigenvalue weighted by molar-refractivity contribution is 6.36. The van der Waals surface area contributed by atoms with E-state index in [1.54, 1.807) is 0 Å². The van der Waals surface area contributed by atoms with Crippen molar-refractivity contribution in [3.05, 3.63) is 81.6 Å². The van der Waals surface area contributed by atoms with Gasteiger partial charge in [0, 0.05) is 16.5 Å². The number of carbonyl (C=O) groups excluding carboxylic acids is 4. The number of hydrazine groups is 1. The number of alkyl halides is 1. The number of carbonyl (C=O) groups is 4. The molecule has 4 atom stereocenters. The molecule has 36 heavy (non-hydrogen) atoms. The third-order valence-corrected chi connectivity index (χ3v) is 7.31. The van der Waals surface area contributed by atoms with Crippen LogP contribution in [0.4, 0.5) is 4.39 Å². The van der Waals surface area contributed by atoms with Gasteiger partial charge in [0.05, 0.1) is 22.4 Å². The van der Waals surface area contributed by atoms with Crippen molar-refractivity contribution in [3.8, 4) is 0 Å². The van der Waals surface area contributed by atoms with Crippen LogP contribution in [0.2, 0.25) is 10.0 Å². The quantitative estimate of drug-likeness (QED) is 0.195. The first-order chi connectivity index (χ1) is 17.1. The van der Waals surface area contributed by atoms with Crippen LogP contribution in [0.25, 0.3) is 0 Å². The minimum absolute atomic E-state index is 0.0112. The van der Waals surface area contributed by atoms with E-state index in [1.807, 2.05) is 19.1 Å². The molecule has 188 valence electrons. The van der Waals surface area contributed by atoms with Gasteiger partial charge in [-0.05, 0) is 61.2 Å². The summed E-state index contributed by atoms with van der Waals surface area (Å²) in [7, 11) is 0. The Balaban J connectivity index is 1.84. The largest absolute Gasteiger partial charge is 0.292 e. The van der Waals surface area contributed by atoms with Gasteiger partial charge in [-0.15, -0.1) is 11.6 Å². The number of imide groups is 1. The first kappa shape index (κ1) is 26.3. The molecule has 6 nitrogen and oxygen atoms in total. The number of halogens is 4. The fourth-order valence-corrected chi connectivity index (χ4v) is 5.47. The van der Waals surface area contributed by atoms with Crippen LogP contribution in [0.3, 0.4) is 0 Å². The average molecular weight is 552 g/mol. The van der Waals surface area contributed by atoms with Crippen LogP contribution in [0, 0.1) is 23.6 Å². The molecule has 1 fully saturated rings. The van der Waals surface area contributed by atoms with E-state index >= 15 is 0 Å². The minimum atomic E-state index is -1.33. The van der Waals surface area contributed by atoms with E-state index in [4.69, 9.17) is 34.8 Å². The lowest BCUT2D eigenvalue weighted by molar-refractivity contribution is -0.156. The molecule has 0 spiro atoms. The van der Waals surface area contributed by atoms with E-state index in [1.165, 1.54) is 30.3 Å². The van der Waals surface area contributed by atoms with E-state index in [2.05, 4.69) is 0 Å². The van der Waals surface area contributed by atoms with E-state index in [0.29, 0.717) is 6.42 Å². The molecule has 0 unspecified atom stereocenters. The fourth-order valence-electron chi connectivity index (χ4n) is 4.78. The molecule has 0 saturated carbocycles. The Labute approximate surface area is 222 Å². The second-order valence-electron chi connectivity index (χ2n) is 8.78. The van der Waals surface area contributed by atoms with E-state index in [-0.39, 0.29) is 39.4 Å². The standard InChI is InChI=1S/C26H22Cl3FN2O4/c1-14-3-2-4-19-22(14)26(36)32(25(19)35)31(24(34)18-10-7-16(28)13-20(18)29)21(11-12-27)23(33)15-5-8-17(30)9-6-15/h2-3,5-10,13-14,19,21-22H,4,11-12H2,1H3/t14-,19+,21-,22+/m1/s1. The summed E-state index contributed by atoms with van der Waals surface area (Å²) in [5.74, 6) is -4.76. The molecule has 2 aromatic rings. The van der Waals surface area contributed by atoms with Crippen molar-refractivity contribution in [2.24, 2.45) is 17.8 Å². The lowest BCUT2D eigenvalue weighted by atomic mass is 9.78. The maximum absolute atomic E-state index is 13.9.